The molecule has 0 radical (unpaired) electrons. The fourth-order valence-corrected chi connectivity index (χ4v) is 2.22. The molecule has 0 fully saturated rings. The Morgan fingerprint density at radius 1 is 1.00 bits per heavy atom. The van der Waals surface area contributed by atoms with Crippen LogP contribution < -0.4 is 0 Å². The van der Waals surface area contributed by atoms with Crippen molar-refractivity contribution in [1.82, 2.24) is 0 Å². The Morgan fingerprint density at radius 2 is 1.50 bits per heavy atom. The third kappa shape index (κ3) is 6.75. The molecule has 18 heavy (non-hydrogen) atoms. The van der Waals surface area contributed by atoms with E-state index in [4.69, 9.17) is 9.84 Å². The van der Waals surface area contributed by atoms with Crippen molar-refractivity contribution in [3.05, 3.63) is 0 Å². The van der Waals surface area contributed by atoms with Crippen molar-refractivity contribution in [3.63, 3.8) is 0 Å². The second-order valence-electron chi connectivity index (χ2n) is 8.01. The topological polar surface area (TPSA) is 29.5 Å². The van der Waals surface area contributed by atoms with Crippen molar-refractivity contribution in [2.75, 3.05) is 13.2 Å². The van der Waals surface area contributed by atoms with E-state index < -0.39 is 0 Å². The molecule has 0 aliphatic carbocycles. The van der Waals surface area contributed by atoms with E-state index in [1.165, 1.54) is 0 Å². The summed E-state index contributed by atoms with van der Waals surface area (Å²) in [6, 6.07) is 0. The highest BCUT2D eigenvalue weighted by Crippen LogP contribution is 2.39. The Hall–Kier alpha value is -0.0800. The van der Waals surface area contributed by atoms with Crippen LogP contribution in [0.4, 0.5) is 0 Å². The SMILES string of the molecule is CC(C)C(C)(C)CC(C)(C)COC(C)(C)CCO. The lowest BCUT2D eigenvalue weighted by Crippen LogP contribution is -2.35. The summed E-state index contributed by atoms with van der Waals surface area (Å²) in [6.07, 6.45) is 1.84. The molecular weight excluding hydrogens is 224 g/mol. The van der Waals surface area contributed by atoms with Crippen molar-refractivity contribution < 1.29 is 9.84 Å². The van der Waals surface area contributed by atoms with Crippen molar-refractivity contribution in [2.24, 2.45) is 16.7 Å². The number of hydrogen-bond acceptors (Lipinski definition) is 2. The van der Waals surface area contributed by atoms with E-state index in [2.05, 4.69) is 41.5 Å². The lowest BCUT2D eigenvalue weighted by atomic mass is 9.69. The molecule has 0 atom stereocenters. The van der Waals surface area contributed by atoms with Gasteiger partial charge in [0.05, 0.1) is 12.2 Å². The predicted molar refractivity (Wildman–Crippen MR) is 78.8 cm³/mol. The van der Waals surface area contributed by atoms with Crippen molar-refractivity contribution in [2.45, 2.75) is 73.8 Å². The summed E-state index contributed by atoms with van der Waals surface area (Å²) in [7, 11) is 0. The van der Waals surface area contributed by atoms with Gasteiger partial charge in [0.2, 0.25) is 0 Å². The zero-order valence-corrected chi connectivity index (χ0v) is 13.8. The quantitative estimate of drug-likeness (QED) is 0.705. The van der Waals surface area contributed by atoms with E-state index >= 15 is 0 Å². The zero-order chi connectivity index (χ0) is 14.6. The summed E-state index contributed by atoms with van der Waals surface area (Å²) >= 11 is 0. The molecule has 0 aliphatic heterocycles. The van der Waals surface area contributed by atoms with Crippen molar-refractivity contribution >= 4 is 0 Å². The molecule has 0 spiro atoms. The first-order valence-corrected chi connectivity index (χ1v) is 7.17. The molecule has 0 bridgehead atoms. The van der Waals surface area contributed by atoms with Crippen LogP contribution in [-0.2, 0) is 4.74 Å². The highest BCUT2D eigenvalue weighted by molar-refractivity contribution is 4.82. The van der Waals surface area contributed by atoms with Gasteiger partial charge in [-0.3, -0.25) is 0 Å². The molecule has 110 valence electrons. The molecule has 0 saturated heterocycles. The molecule has 0 aromatic rings. The maximum absolute atomic E-state index is 9.01. The summed E-state index contributed by atoms with van der Waals surface area (Å²) in [5.41, 5.74) is 0.266. The summed E-state index contributed by atoms with van der Waals surface area (Å²) in [5, 5.41) is 9.01. The van der Waals surface area contributed by atoms with Gasteiger partial charge in [-0.2, -0.15) is 0 Å². The molecule has 2 nitrogen and oxygen atoms in total. The smallest absolute Gasteiger partial charge is 0.0648 e. The molecule has 1 N–H and O–H groups in total. The Bertz CT molecular complexity index is 239. The molecular formula is C16H34O2. The van der Waals surface area contributed by atoms with Gasteiger partial charge in [-0.05, 0) is 43.4 Å². The van der Waals surface area contributed by atoms with Crippen LogP contribution in [-0.4, -0.2) is 23.9 Å². The summed E-state index contributed by atoms with van der Waals surface area (Å²) < 4.78 is 6.00. The Morgan fingerprint density at radius 3 is 1.89 bits per heavy atom. The largest absolute Gasteiger partial charge is 0.396 e. The van der Waals surface area contributed by atoms with E-state index in [-0.39, 0.29) is 17.6 Å². The molecule has 0 unspecified atom stereocenters. The van der Waals surface area contributed by atoms with Crippen LogP contribution in [0.3, 0.4) is 0 Å². The van der Waals surface area contributed by atoms with E-state index in [9.17, 15) is 0 Å². The summed E-state index contributed by atoms with van der Waals surface area (Å²) in [6.45, 7) is 18.8. The first-order chi connectivity index (χ1) is 7.92. The molecule has 0 aromatic carbocycles. The average Bonchev–Trinajstić information content (AvgIpc) is 2.13. The zero-order valence-electron chi connectivity index (χ0n) is 13.8. The number of ether oxygens (including phenoxy) is 1. The van der Waals surface area contributed by atoms with Crippen LogP contribution in [0.2, 0.25) is 0 Å². The molecule has 2 heteroatoms. The molecule has 0 rings (SSSR count). The second-order valence-corrected chi connectivity index (χ2v) is 8.01. The van der Waals surface area contributed by atoms with E-state index in [1.807, 2.05) is 13.8 Å². The third-order valence-corrected chi connectivity index (χ3v) is 4.06. The van der Waals surface area contributed by atoms with Crippen LogP contribution in [0, 0.1) is 16.7 Å². The van der Waals surface area contributed by atoms with Crippen LogP contribution in [0.25, 0.3) is 0 Å². The molecule has 0 amide bonds. The highest BCUT2D eigenvalue weighted by Gasteiger charge is 2.32. The first-order valence-electron chi connectivity index (χ1n) is 7.17. The molecule has 0 saturated carbocycles. The average molecular weight is 258 g/mol. The molecule has 0 heterocycles. The summed E-state index contributed by atoms with van der Waals surface area (Å²) in [5.74, 6) is 0.669. The van der Waals surface area contributed by atoms with Crippen molar-refractivity contribution in [3.8, 4) is 0 Å². The van der Waals surface area contributed by atoms with Gasteiger partial charge in [0.25, 0.3) is 0 Å². The molecule has 0 aliphatic rings. The number of rotatable bonds is 8. The molecule has 0 aromatic heterocycles. The fourth-order valence-electron chi connectivity index (χ4n) is 2.22. The van der Waals surface area contributed by atoms with Gasteiger partial charge in [-0.25, -0.2) is 0 Å². The van der Waals surface area contributed by atoms with E-state index in [1.54, 1.807) is 0 Å². The lowest BCUT2D eigenvalue weighted by Gasteiger charge is -2.39. The van der Waals surface area contributed by atoms with E-state index in [0.29, 0.717) is 17.8 Å². The number of hydrogen-bond donors (Lipinski definition) is 1. The minimum absolute atomic E-state index is 0.167. The van der Waals surface area contributed by atoms with Gasteiger partial charge < -0.3 is 9.84 Å². The fraction of sp³-hybridized carbons (Fsp3) is 1.00. The van der Waals surface area contributed by atoms with Gasteiger partial charge >= 0.3 is 0 Å². The van der Waals surface area contributed by atoms with Crippen LogP contribution in [0.1, 0.15) is 68.2 Å². The standard InChI is InChI=1S/C16H34O2/c1-13(2)15(5,6)11-14(3,4)12-18-16(7,8)9-10-17/h13,17H,9-12H2,1-8H3. The van der Waals surface area contributed by atoms with Crippen LogP contribution >= 0.6 is 0 Å². The second kappa shape index (κ2) is 6.38. The maximum atomic E-state index is 9.01. The van der Waals surface area contributed by atoms with Gasteiger partial charge in [-0.1, -0.05) is 41.5 Å². The Balaban J connectivity index is 4.40. The minimum atomic E-state index is -0.228. The monoisotopic (exact) mass is 258 g/mol. The van der Waals surface area contributed by atoms with Gasteiger partial charge in [0, 0.05) is 6.61 Å². The number of aliphatic hydroxyl groups is 1. The van der Waals surface area contributed by atoms with Gasteiger partial charge in [-0.15, -0.1) is 0 Å². The predicted octanol–water partition coefficient (Wildman–Crippen LogP) is 4.26. The van der Waals surface area contributed by atoms with Gasteiger partial charge in [0.15, 0.2) is 0 Å². The van der Waals surface area contributed by atoms with E-state index in [0.717, 1.165) is 13.0 Å². The van der Waals surface area contributed by atoms with Crippen LogP contribution in [0.5, 0.6) is 0 Å². The maximum Gasteiger partial charge on any atom is 0.0648 e. The highest BCUT2D eigenvalue weighted by atomic mass is 16.5. The third-order valence-electron chi connectivity index (χ3n) is 4.06. The Labute approximate surface area is 114 Å². The summed E-state index contributed by atoms with van der Waals surface area (Å²) in [4.78, 5) is 0. The first kappa shape index (κ1) is 17.9. The number of aliphatic hydroxyl groups excluding tert-OH is 1. The normalized spacial score (nSPS) is 14.3. The lowest BCUT2D eigenvalue weighted by molar-refractivity contribution is -0.0759. The van der Waals surface area contributed by atoms with Crippen molar-refractivity contribution in [1.29, 1.82) is 0 Å². The Kier molecular flexibility index (Phi) is 6.35. The van der Waals surface area contributed by atoms with Crippen LogP contribution in [0.15, 0.2) is 0 Å². The van der Waals surface area contributed by atoms with Gasteiger partial charge in [0.1, 0.15) is 0 Å². The minimum Gasteiger partial charge on any atom is -0.396 e.